The van der Waals surface area contributed by atoms with Crippen molar-refractivity contribution >= 4 is 22.6 Å². The highest BCUT2D eigenvalue weighted by molar-refractivity contribution is 14.1. The second kappa shape index (κ2) is 5.30. The van der Waals surface area contributed by atoms with Gasteiger partial charge in [-0.15, -0.1) is 0 Å². The third kappa shape index (κ3) is 3.18. The van der Waals surface area contributed by atoms with Crippen molar-refractivity contribution in [1.82, 2.24) is 0 Å². The van der Waals surface area contributed by atoms with Crippen molar-refractivity contribution in [3.05, 3.63) is 33.4 Å². The quantitative estimate of drug-likeness (QED) is 0.842. The van der Waals surface area contributed by atoms with Gasteiger partial charge in [-0.05, 0) is 52.6 Å². The van der Waals surface area contributed by atoms with Gasteiger partial charge in [-0.3, -0.25) is 0 Å². The summed E-state index contributed by atoms with van der Waals surface area (Å²) in [6, 6.07) is 8.86. The van der Waals surface area contributed by atoms with Crippen LogP contribution in [0.1, 0.15) is 43.7 Å². The average molecular weight is 315 g/mol. The first-order valence-corrected chi connectivity index (χ1v) is 6.84. The highest BCUT2D eigenvalue weighted by atomic mass is 127. The number of halogens is 1. The molecule has 0 radical (unpaired) electrons. The van der Waals surface area contributed by atoms with E-state index in [2.05, 4.69) is 46.9 Å². The zero-order valence-electron chi connectivity index (χ0n) is 8.95. The maximum atomic E-state index is 6.22. The number of hydrogen-bond acceptors (Lipinski definition) is 1. The van der Waals surface area contributed by atoms with E-state index in [1.165, 1.54) is 41.2 Å². The zero-order valence-corrected chi connectivity index (χ0v) is 11.1. The molecular formula is C13H18IN. The van der Waals surface area contributed by atoms with Gasteiger partial charge in [0.25, 0.3) is 0 Å². The summed E-state index contributed by atoms with van der Waals surface area (Å²) in [5, 5.41) is 0. The molecule has 1 aliphatic rings. The number of nitrogens with two attached hydrogens (primary N) is 1. The van der Waals surface area contributed by atoms with Crippen molar-refractivity contribution in [2.24, 2.45) is 11.7 Å². The lowest BCUT2D eigenvalue weighted by molar-refractivity contribution is 0.451. The largest absolute Gasteiger partial charge is 0.324 e. The number of rotatable bonds is 3. The fourth-order valence-electron chi connectivity index (χ4n) is 2.45. The third-order valence-electron chi connectivity index (χ3n) is 3.36. The normalized spacial score (nSPS) is 19.3. The lowest BCUT2D eigenvalue weighted by atomic mass is 9.94. The smallest absolute Gasteiger partial charge is 0.0297 e. The Morgan fingerprint density at radius 1 is 1.20 bits per heavy atom. The maximum Gasteiger partial charge on any atom is 0.0297 e. The van der Waals surface area contributed by atoms with Crippen molar-refractivity contribution in [3.8, 4) is 0 Å². The van der Waals surface area contributed by atoms with E-state index in [1.807, 2.05) is 0 Å². The molecule has 1 aromatic rings. The van der Waals surface area contributed by atoms with Gasteiger partial charge in [-0.25, -0.2) is 0 Å². The first-order chi connectivity index (χ1) is 7.25. The Bertz CT molecular complexity index is 301. The highest BCUT2D eigenvalue weighted by Gasteiger charge is 2.18. The molecule has 0 spiro atoms. The summed E-state index contributed by atoms with van der Waals surface area (Å²) < 4.78 is 1.28. The van der Waals surface area contributed by atoms with Crippen LogP contribution in [0.3, 0.4) is 0 Å². The Morgan fingerprint density at radius 2 is 1.80 bits per heavy atom. The molecule has 1 saturated carbocycles. The molecule has 1 aliphatic carbocycles. The molecule has 1 fully saturated rings. The van der Waals surface area contributed by atoms with Crippen LogP contribution < -0.4 is 5.73 Å². The fourth-order valence-corrected chi connectivity index (χ4v) is 2.81. The van der Waals surface area contributed by atoms with Gasteiger partial charge < -0.3 is 5.73 Å². The summed E-state index contributed by atoms with van der Waals surface area (Å²) in [7, 11) is 0. The van der Waals surface area contributed by atoms with Crippen LogP contribution in [0.4, 0.5) is 0 Å². The Labute approximate surface area is 106 Å². The van der Waals surface area contributed by atoms with E-state index < -0.39 is 0 Å². The van der Waals surface area contributed by atoms with Gasteiger partial charge in [0.15, 0.2) is 0 Å². The molecule has 2 N–H and O–H groups in total. The molecule has 2 rings (SSSR count). The molecule has 1 unspecified atom stereocenters. The van der Waals surface area contributed by atoms with E-state index >= 15 is 0 Å². The van der Waals surface area contributed by atoms with Gasteiger partial charge in [-0.1, -0.05) is 37.8 Å². The minimum Gasteiger partial charge on any atom is -0.324 e. The number of hydrogen-bond donors (Lipinski definition) is 1. The monoisotopic (exact) mass is 315 g/mol. The van der Waals surface area contributed by atoms with E-state index in [9.17, 15) is 0 Å². The first kappa shape index (κ1) is 11.4. The standard InChI is InChI=1S/C13H18IN/c14-12-7-5-11(6-8-12)13(15)9-10-3-1-2-4-10/h5-8,10,13H,1-4,9,15H2. The molecule has 0 saturated heterocycles. The van der Waals surface area contributed by atoms with Gasteiger partial charge in [0.1, 0.15) is 0 Å². The summed E-state index contributed by atoms with van der Waals surface area (Å²) in [6.45, 7) is 0. The minimum absolute atomic E-state index is 0.241. The molecule has 0 aliphatic heterocycles. The van der Waals surface area contributed by atoms with Crippen molar-refractivity contribution < 1.29 is 0 Å². The lowest BCUT2D eigenvalue weighted by Crippen LogP contribution is -2.14. The molecule has 1 atom stereocenters. The van der Waals surface area contributed by atoms with Gasteiger partial charge in [0.05, 0.1) is 0 Å². The predicted octanol–water partition coefficient (Wildman–Crippen LogP) is 3.87. The van der Waals surface area contributed by atoms with E-state index in [4.69, 9.17) is 5.73 Å². The van der Waals surface area contributed by atoms with E-state index in [1.54, 1.807) is 0 Å². The molecule has 0 bridgehead atoms. The molecule has 0 aromatic heterocycles. The topological polar surface area (TPSA) is 26.0 Å². The van der Waals surface area contributed by atoms with Crippen molar-refractivity contribution in [2.45, 2.75) is 38.1 Å². The van der Waals surface area contributed by atoms with E-state index in [0.29, 0.717) is 0 Å². The summed E-state index contributed by atoms with van der Waals surface area (Å²) in [6.07, 6.45) is 6.75. The lowest BCUT2D eigenvalue weighted by Gasteiger charge is -2.16. The van der Waals surface area contributed by atoms with Crippen LogP contribution in [0.25, 0.3) is 0 Å². The predicted molar refractivity (Wildman–Crippen MR) is 72.7 cm³/mol. The minimum atomic E-state index is 0.241. The Morgan fingerprint density at radius 3 is 2.40 bits per heavy atom. The van der Waals surface area contributed by atoms with Crippen LogP contribution in [0.2, 0.25) is 0 Å². The second-order valence-corrected chi connectivity index (χ2v) is 5.79. The molecule has 1 nitrogen and oxygen atoms in total. The van der Waals surface area contributed by atoms with Crippen LogP contribution in [0.15, 0.2) is 24.3 Å². The Kier molecular flexibility index (Phi) is 4.03. The highest BCUT2D eigenvalue weighted by Crippen LogP contribution is 2.31. The molecule has 1 aromatic carbocycles. The molecule has 15 heavy (non-hydrogen) atoms. The molecule has 0 heterocycles. The van der Waals surface area contributed by atoms with Crippen molar-refractivity contribution in [2.75, 3.05) is 0 Å². The maximum absolute atomic E-state index is 6.22. The molecule has 2 heteroatoms. The summed E-state index contributed by atoms with van der Waals surface area (Å²) in [5.41, 5.74) is 7.52. The Balaban J connectivity index is 1.94. The van der Waals surface area contributed by atoms with Gasteiger partial charge in [0.2, 0.25) is 0 Å². The molecular weight excluding hydrogens is 297 g/mol. The number of benzene rings is 1. The third-order valence-corrected chi connectivity index (χ3v) is 4.08. The van der Waals surface area contributed by atoms with Crippen LogP contribution in [-0.4, -0.2) is 0 Å². The fraction of sp³-hybridized carbons (Fsp3) is 0.538. The van der Waals surface area contributed by atoms with Gasteiger partial charge >= 0.3 is 0 Å². The van der Waals surface area contributed by atoms with Crippen LogP contribution in [0.5, 0.6) is 0 Å². The van der Waals surface area contributed by atoms with Gasteiger partial charge in [0, 0.05) is 9.61 Å². The SMILES string of the molecule is NC(CC1CCCC1)c1ccc(I)cc1. The molecule has 0 amide bonds. The van der Waals surface area contributed by atoms with Crippen molar-refractivity contribution in [3.63, 3.8) is 0 Å². The second-order valence-electron chi connectivity index (χ2n) is 4.54. The summed E-state index contributed by atoms with van der Waals surface area (Å²) in [4.78, 5) is 0. The average Bonchev–Trinajstić information content (AvgIpc) is 2.71. The van der Waals surface area contributed by atoms with E-state index in [0.717, 1.165) is 5.92 Å². The molecule has 82 valence electrons. The summed E-state index contributed by atoms with van der Waals surface area (Å²) >= 11 is 2.33. The van der Waals surface area contributed by atoms with Crippen LogP contribution in [-0.2, 0) is 0 Å². The van der Waals surface area contributed by atoms with E-state index in [-0.39, 0.29) is 6.04 Å². The zero-order chi connectivity index (χ0) is 10.7. The van der Waals surface area contributed by atoms with Crippen LogP contribution >= 0.6 is 22.6 Å². The van der Waals surface area contributed by atoms with Crippen molar-refractivity contribution in [1.29, 1.82) is 0 Å². The summed E-state index contributed by atoms with van der Waals surface area (Å²) in [5.74, 6) is 0.874. The van der Waals surface area contributed by atoms with Gasteiger partial charge in [-0.2, -0.15) is 0 Å². The first-order valence-electron chi connectivity index (χ1n) is 5.77. The Hall–Kier alpha value is -0.0900. The van der Waals surface area contributed by atoms with Crippen LogP contribution in [0, 0.1) is 9.49 Å².